The van der Waals surface area contributed by atoms with E-state index in [1.807, 2.05) is 0 Å². The summed E-state index contributed by atoms with van der Waals surface area (Å²) < 4.78 is 79.5. The van der Waals surface area contributed by atoms with Gasteiger partial charge in [0.1, 0.15) is 12.3 Å². The molecule has 2 aromatic rings. The molecular weight excluding hydrogens is 534 g/mol. The summed E-state index contributed by atoms with van der Waals surface area (Å²) in [5.41, 5.74) is -3.79. The largest absolute Gasteiger partial charge is 0.421 e. The smallest absolute Gasteiger partial charge is 0.380 e. The Morgan fingerprint density at radius 3 is 2.27 bits per heavy atom. The molecule has 1 aliphatic heterocycles. The Labute approximate surface area is 210 Å². The number of nitrogens with one attached hydrogen (secondary N) is 1. The van der Waals surface area contributed by atoms with E-state index < -0.39 is 35.8 Å². The zero-order valence-electron chi connectivity index (χ0n) is 19.3. The van der Waals surface area contributed by atoms with Crippen LogP contribution in [0.1, 0.15) is 16.8 Å². The molecule has 2 N–H and O–H groups in total. The molecule has 37 heavy (non-hydrogen) atoms. The Kier molecular flexibility index (Phi) is 8.98. The number of hydrogen-bond acceptors (Lipinski definition) is 10. The molecule has 204 valence electrons. The molecule has 1 fully saturated rings. The summed E-state index contributed by atoms with van der Waals surface area (Å²) in [5, 5.41) is 15.0. The quantitative estimate of drug-likeness (QED) is 0.279. The van der Waals surface area contributed by atoms with Crippen molar-refractivity contribution in [2.45, 2.75) is 18.9 Å². The van der Waals surface area contributed by atoms with Gasteiger partial charge in [-0.15, -0.1) is 0 Å². The molecule has 0 radical (unpaired) electrons. The standard InChI is InChI=1S/C19H22F6N8O3S/c1-30(9-13-6-14(19(23,24)25)16(36)29-28-13)37-33(11-34)10-15(35)31-2-4-32(5-3-31)17-26-7-12(8-27-17)18(20,21)22/h6-8,34H,2-5,9-11H2,1H3,(H,29,36). The molecule has 0 unspecified atom stereocenters. The Morgan fingerprint density at radius 2 is 1.73 bits per heavy atom. The molecule has 3 rings (SSSR count). The minimum Gasteiger partial charge on any atom is -0.380 e. The molecule has 1 aliphatic rings. The van der Waals surface area contributed by atoms with Crippen LogP contribution in [0, 0.1) is 0 Å². The third-order valence-electron chi connectivity index (χ3n) is 5.15. The highest BCUT2D eigenvalue weighted by Gasteiger charge is 2.35. The molecule has 0 spiro atoms. The lowest BCUT2D eigenvalue weighted by Crippen LogP contribution is -2.51. The van der Waals surface area contributed by atoms with E-state index in [2.05, 4.69) is 15.1 Å². The van der Waals surface area contributed by atoms with Gasteiger partial charge < -0.3 is 14.9 Å². The number of halogens is 6. The topological polar surface area (TPSA) is 122 Å². The summed E-state index contributed by atoms with van der Waals surface area (Å²) in [7, 11) is 1.50. The Bertz CT molecular complexity index is 1120. The van der Waals surface area contributed by atoms with Crippen LogP contribution < -0.4 is 10.5 Å². The van der Waals surface area contributed by atoms with Crippen molar-refractivity contribution in [2.75, 3.05) is 51.4 Å². The molecule has 0 aromatic carbocycles. The van der Waals surface area contributed by atoms with Gasteiger partial charge in [-0.25, -0.2) is 23.7 Å². The summed E-state index contributed by atoms with van der Waals surface area (Å²) in [4.78, 5) is 34.7. The van der Waals surface area contributed by atoms with Gasteiger partial charge in [0.2, 0.25) is 11.9 Å². The van der Waals surface area contributed by atoms with Gasteiger partial charge in [-0.1, -0.05) is 0 Å². The second-order valence-corrected chi connectivity index (χ2v) is 9.19. The number of hydrogen-bond donors (Lipinski definition) is 2. The predicted octanol–water partition coefficient (Wildman–Crippen LogP) is 1.19. The van der Waals surface area contributed by atoms with Crippen molar-refractivity contribution >= 4 is 24.0 Å². The van der Waals surface area contributed by atoms with E-state index in [1.165, 1.54) is 20.6 Å². The fourth-order valence-corrected chi connectivity index (χ4v) is 4.14. The summed E-state index contributed by atoms with van der Waals surface area (Å²) in [6, 6.07) is 0.629. The maximum atomic E-state index is 12.9. The van der Waals surface area contributed by atoms with E-state index in [0.717, 1.165) is 12.1 Å². The minimum atomic E-state index is -4.84. The zero-order chi connectivity index (χ0) is 27.4. The van der Waals surface area contributed by atoms with E-state index in [4.69, 9.17) is 0 Å². The summed E-state index contributed by atoms with van der Waals surface area (Å²) >= 11 is 0.884. The van der Waals surface area contributed by atoms with Gasteiger partial charge >= 0.3 is 12.4 Å². The van der Waals surface area contributed by atoms with Gasteiger partial charge in [0.25, 0.3) is 5.56 Å². The normalized spacial score (nSPS) is 15.1. The number of amides is 1. The van der Waals surface area contributed by atoms with E-state index in [0.29, 0.717) is 18.5 Å². The van der Waals surface area contributed by atoms with Crippen LogP contribution in [0.25, 0.3) is 0 Å². The van der Waals surface area contributed by atoms with Crippen LogP contribution in [-0.4, -0.2) is 91.2 Å². The molecule has 1 amide bonds. The van der Waals surface area contributed by atoms with Crippen LogP contribution in [-0.2, 0) is 23.7 Å². The number of aromatic amines is 1. The second kappa shape index (κ2) is 11.6. The molecule has 0 saturated carbocycles. The lowest BCUT2D eigenvalue weighted by atomic mass is 10.2. The number of rotatable bonds is 8. The van der Waals surface area contributed by atoms with E-state index >= 15 is 0 Å². The fourth-order valence-electron chi connectivity index (χ4n) is 3.34. The molecule has 0 bridgehead atoms. The van der Waals surface area contributed by atoms with Crippen LogP contribution in [0.2, 0.25) is 0 Å². The monoisotopic (exact) mass is 556 g/mol. The van der Waals surface area contributed by atoms with Crippen molar-refractivity contribution in [1.29, 1.82) is 0 Å². The van der Waals surface area contributed by atoms with Crippen LogP contribution in [0.15, 0.2) is 23.3 Å². The number of carbonyl (C=O) groups is 1. The highest BCUT2D eigenvalue weighted by molar-refractivity contribution is 7.94. The first-order valence-corrected chi connectivity index (χ1v) is 11.3. The van der Waals surface area contributed by atoms with Crippen molar-refractivity contribution in [3.8, 4) is 0 Å². The van der Waals surface area contributed by atoms with Crippen LogP contribution in [0.3, 0.4) is 0 Å². The number of piperazine rings is 1. The van der Waals surface area contributed by atoms with Crippen molar-refractivity contribution in [2.24, 2.45) is 0 Å². The number of H-pyrrole nitrogens is 1. The van der Waals surface area contributed by atoms with Gasteiger partial charge in [-0.2, -0.15) is 31.4 Å². The van der Waals surface area contributed by atoms with Crippen LogP contribution >= 0.6 is 12.1 Å². The molecule has 18 heteroatoms. The number of aliphatic hydroxyl groups excluding tert-OH is 1. The second-order valence-electron chi connectivity index (χ2n) is 7.89. The third kappa shape index (κ3) is 7.76. The average molecular weight is 556 g/mol. The summed E-state index contributed by atoms with van der Waals surface area (Å²) in [6.45, 7) is 0.128. The van der Waals surface area contributed by atoms with Gasteiger partial charge in [-0.05, 0) is 13.1 Å². The van der Waals surface area contributed by atoms with Gasteiger partial charge in [0.15, 0.2) is 0 Å². The number of alkyl halides is 6. The minimum absolute atomic E-state index is 0.0762. The van der Waals surface area contributed by atoms with E-state index in [1.54, 1.807) is 10.00 Å². The highest BCUT2D eigenvalue weighted by Crippen LogP contribution is 2.29. The fraction of sp³-hybridized carbons (Fsp3) is 0.526. The van der Waals surface area contributed by atoms with Gasteiger partial charge in [0, 0.05) is 50.7 Å². The summed E-state index contributed by atoms with van der Waals surface area (Å²) in [6.07, 6.45) is -8.00. The number of aromatic nitrogens is 4. The molecule has 0 aliphatic carbocycles. The molecular formula is C19H22F6N8O3S. The van der Waals surface area contributed by atoms with Crippen molar-refractivity contribution in [1.82, 2.24) is 33.7 Å². The lowest BCUT2D eigenvalue weighted by molar-refractivity contribution is -0.139. The first-order valence-electron chi connectivity index (χ1n) is 10.6. The van der Waals surface area contributed by atoms with Gasteiger partial charge in [-0.3, -0.25) is 9.59 Å². The molecule has 11 nitrogen and oxygen atoms in total. The highest BCUT2D eigenvalue weighted by atomic mass is 32.2. The van der Waals surface area contributed by atoms with Crippen LogP contribution in [0.4, 0.5) is 32.3 Å². The molecule has 2 aromatic heterocycles. The third-order valence-corrected chi connectivity index (χ3v) is 6.04. The van der Waals surface area contributed by atoms with Crippen molar-refractivity contribution < 1.29 is 36.2 Å². The maximum absolute atomic E-state index is 12.9. The predicted molar refractivity (Wildman–Crippen MR) is 119 cm³/mol. The molecule has 0 atom stereocenters. The lowest BCUT2D eigenvalue weighted by Gasteiger charge is -2.35. The van der Waals surface area contributed by atoms with Crippen molar-refractivity contribution in [3.63, 3.8) is 0 Å². The molecule has 1 saturated heterocycles. The first-order chi connectivity index (χ1) is 17.3. The first kappa shape index (κ1) is 28.6. The Balaban J connectivity index is 1.50. The zero-order valence-corrected chi connectivity index (χ0v) is 20.1. The number of aliphatic hydroxyl groups is 1. The van der Waals surface area contributed by atoms with Crippen molar-refractivity contribution in [3.05, 3.63) is 45.6 Å². The number of carbonyl (C=O) groups excluding carboxylic acids is 1. The van der Waals surface area contributed by atoms with Crippen LogP contribution in [0.5, 0.6) is 0 Å². The summed E-state index contributed by atoms with van der Waals surface area (Å²) in [5.74, 6) is -0.233. The number of anilines is 1. The van der Waals surface area contributed by atoms with E-state index in [9.17, 15) is 41.0 Å². The maximum Gasteiger partial charge on any atom is 0.421 e. The Morgan fingerprint density at radius 1 is 1.11 bits per heavy atom. The van der Waals surface area contributed by atoms with Gasteiger partial charge in [0.05, 0.1) is 24.3 Å². The number of nitrogens with zero attached hydrogens (tertiary/aromatic N) is 7. The SMILES string of the molecule is CN(Cc1cc(C(F)(F)F)c(=O)[nH]n1)SN(CO)CC(=O)N1CCN(c2ncc(C(F)(F)F)cn2)CC1. The Hall–Kier alpha value is -2.96. The van der Waals surface area contributed by atoms with E-state index in [-0.39, 0.29) is 56.8 Å². The average Bonchev–Trinajstić information content (AvgIpc) is 2.83. The molecule has 3 heterocycles.